The van der Waals surface area contributed by atoms with Crippen molar-refractivity contribution >= 4 is 0 Å². The van der Waals surface area contributed by atoms with Crippen molar-refractivity contribution < 1.29 is 0 Å². The van der Waals surface area contributed by atoms with Crippen LogP contribution >= 0.6 is 0 Å². The molecule has 2 fully saturated rings. The van der Waals surface area contributed by atoms with Crippen LogP contribution in [0, 0.1) is 0 Å². The third-order valence-electron chi connectivity index (χ3n) is 4.42. The molecule has 0 aromatic carbocycles. The van der Waals surface area contributed by atoms with Crippen LogP contribution in [0.4, 0.5) is 0 Å². The summed E-state index contributed by atoms with van der Waals surface area (Å²) in [6.45, 7) is 4.70. The first-order valence-corrected chi connectivity index (χ1v) is 7.27. The maximum Gasteiger partial charge on any atom is 0.0153 e. The van der Waals surface area contributed by atoms with Gasteiger partial charge < -0.3 is 10.6 Å². The molecule has 2 N–H and O–H groups in total. The van der Waals surface area contributed by atoms with Gasteiger partial charge in [0.2, 0.25) is 0 Å². The van der Waals surface area contributed by atoms with E-state index >= 15 is 0 Å². The fourth-order valence-electron chi connectivity index (χ4n) is 3.28. The van der Waals surface area contributed by atoms with E-state index < -0.39 is 0 Å². The number of rotatable bonds is 5. The fraction of sp³-hybridized carbons (Fsp3) is 1.00. The van der Waals surface area contributed by atoms with E-state index in [-0.39, 0.29) is 0 Å². The minimum atomic E-state index is 0.440. The molecule has 2 aliphatic rings. The maximum atomic E-state index is 3.76. The summed E-state index contributed by atoms with van der Waals surface area (Å²) < 4.78 is 0. The van der Waals surface area contributed by atoms with Crippen LogP contribution in [0.25, 0.3) is 0 Å². The second kappa shape index (κ2) is 6.02. The van der Waals surface area contributed by atoms with E-state index in [1.165, 1.54) is 57.8 Å². The van der Waals surface area contributed by atoms with Crippen LogP contribution < -0.4 is 10.6 Å². The van der Waals surface area contributed by atoms with E-state index in [1.807, 2.05) is 0 Å². The molecule has 0 aliphatic heterocycles. The second-order valence-electron chi connectivity index (χ2n) is 5.98. The van der Waals surface area contributed by atoms with Gasteiger partial charge in [0, 0.05) is 24.7 Å². The molecule has 0 unspecified atom stereocenters. The molecule has 2 rings (SSSR count). The summed E-state index contributed by atoms with van der Waals surface area (Å²) in [6.07, 6.45) is 12.7. The lowest BCUT2D eigenvalue weighted by atomic mass is 9.83. The summed E-state index contributed by atoms with van der Waals surface area (Å²) in [7, 11) is 0. The number of hydrogen-bond donors (Lipinski definition) is 2. The summed E-state index contributed by atoms with van der Waals surface area (Å²) >= 11 is 0. The van der Waals surface area contributed by atoms with E-state index in [0.29, 0.717) is 5.54 Å². The lowest BCUT2D eigenvalue weighted by molar-refractivity contribution is 0.254. The summed E-state index contributed by atoms with van der Waals surface area (Å²) in [4.78, 5) is 0. The van der Waals surface area contributed by atoms with Crippen molar-refractivity contribution in [1.29, 1.82) is 0 Å². The van der Waals surface area contributed by atoms with Gasteiger partial charge in [-0.05, 0) is 32.6 Å². The molecule has 0 saturated heterocycles. The molecule has 94 valence electrons. The monoisotopic (exact) mass is 224 g/mol. The predicted molar refractivity (Wildman–Crippen MR) is 69.8 cm³/mol. The van der Waals surface area contributed by atoms with Crippen molar-refractivity contribution in [1.82, 2.24) is 10.6 Å². The SMILES string of the molecule is CC1(NCCNC2CCCC2)CCCCC1. The zero-order valence-electron chi connectivity index (χ0n) is 10.9. The van der Waals surface area contributed by atoms with Crippen molar-refractivity contribution in [2.24, 2.45) is 0 Å². The molecule has 0 atom stereocenters. The molecule has 0 spiro atoms. The van der Waals surface area contributed by atoms with E-state index in [4.69, 9.17) is 0 Å². The van der Waals surface area contributed by atoms with Crippen molar-refractivity contribution in [2.75, 3.05) is 13.1 Å². The first kappa shape index (κ1) is 12.4. The fourth-order valence-corrected chi connectivity index (χ4v) is 3.28. The molecule has 2 aliphatic carbocycles. The van der Waals surface area contributed by atoms with Crippen LogP contribution in [0.5, 0.6) is 0 Å². The molecular formula is C14H28N2. The van der Waals surface area contributed by atoms with Gasteiger partial charge >= 0.3 is 0 Å². The molecule has 0 aromatic rings. The normalized spacial score (nSPS) is 26.1. The third kappa shape index (κ3) is 3.74. The third-order valence-corrected chi connectivity index (χ3v) is 4.42. The molecule has 0 heterocycles. The first-order chi connectivity index (χ1) is 7.79. The Morgan fingerprint density at radius 3 is 2.31 bits per heavy atom. The second-order valence-corrected chi connectivity index (χ2v) is 5.98. The maximum absolute atomic E-state index is 3.76. The largest absolute Gasteiger partial charge is 0.313 e. The standard InChI is InChI=1S/C14H28N2/c1-14(9-5-2-6-10-14)16-12-11-15-13-7-3-4-8-13/h13,15-16H,2-12H2,1H3. The van der Waals surface area contributed by atoms with Crippen molar-refractivity contribution in [2.45, 2.75) is 76.3 Å². The van der Waals surface area contributed by atoms with Crippen LogP contribution in [0.3, 0.4) is 0 Å². The molecule has 0 aromatic heterocycles. The van der Waals surface area contributed by atoms with Gasteiger partial charge in [-0.1, -0.05) is 32.1 Å². The Kier molecular flexibility index (Phi) is 4.66. The smallest absolute Gasteiger partial charge is 0.0153 e. The van der Waals surface area contributed by atoms with Crippen LogP contribution in [-0.2, 0) is 0 Å². The topological polar surface area (TPSA) is 24.1 Å². The highest BCUT2D eigenvalue weighted by Crippen LogP contribution is 2.27. The highest BCUT2D eigenvalue weighted by atomic mass is 15.0. The summed E-state index contributed by atoms with van der Waals surface area (Å²) in [6, 6.07) is 0.820. The van der Waals surface area contributed by atoms with E-state index in [1.54, 1.807) is 0 Å². The lowest BCUT2D eigenvalue weighted by Crippen LogP contribution is -2.47. The lowest BCUT2D eigenvalue weighted by Gasteiger charge is -2.35. The Balaban J connectivity index is 1.56. The van der Waals surface area contributed by atoms with Crippen molar-refractivity contribution in [3.8, 4) is 0 Å². The Bertz CT molecular complexity index is 191. The Morgan fingerprint density at radius 2 is 1.62 bits per heavy atom. The average Bonchev–Trinajstić information content (AvgIpc) is 2.78. The molecule has 2 saturated carbocycles. The van der Waals surface area contributed by atoms with Gasteiger partial charge in [-0.15, -0.1) is 0 Å². The number of hydrogen-bond acceptors (Lipinski definition) is 2. The predicted octanol–water partition coefficient (Wildman–Crippen LogP) is 2.83. The molecule has 2 nitrogen and oxygen atoms in total. The quantitative estimate of drug-likeness (QED) is 0.702. The Labute approximate surface area is 101 Å². The van der Waals surface area contributed by atoms with Crippen LogP contribution in [0.1, 0.15) is 64.7 Å². The summed E-state index contributed by atoms with van der Waals surface area (Å²) in [5, 5.41) is 7.44. The Morgan fingerprint density at radius 1 is 0.938 bits per heavy atom. The van der Waals surface area contributed by atoms with Gasteiger partial charge in [0.1, 0.15) is 0 Å². The van der Waals surface area contributed by atoms with Gasteiger partial charge in [0.25, 0.3) is 0 Å². The molecule has 0 bridgehead atoms. The summed E-state index contributed by atoms with van der Waals surface area (Å²) in [5.41, 5.74) is 0.440. The van der Waals surface area contributed by atoms with Gasteiger partial charge in [-0.3, -0.25) is 0 Å². The van der Waals surface area contributed by atoms with E-state index in [2.05, 4.69) is 17.6 Å². The molecule has 2 heteroatoms. The van der Waals surface area contributed by atoms with Gasteiger partial charge in [0.05, 0.1) is 0 Å². The van der Waals surface area contributed by atoms with Gasteiger partial charge in [0.15, 0.2) is 0 Å². The first-order valence-electron chi connectivity index (χ1n) is 7.27. The average molecular weight is 224 g/mol. The van der Waals surface area contributed by atoms with Crippen molar-refractivity contribution in [3.05, 3.63) is 0 Å². The van der Waals surface area contributed by atoms with Crippen LogP contribution in [0.15, 0.2) is 0 Å². The Hall–Kier alpha value is -0.0800. The van der Waals surface area contributed by atoms with Gasteiger partial charge in [-0.2, -0.15) is 0 Å². The highest BCUT2D eigenvalue weighted by molar-refractivity contribution is 4.86. The molecular weight excluding hydrogens is 196 g/mol. The molecule has 0 amide bonds. The summed E-state index contributed by atoms with van der Waals surface area (Å²) in [5.74, 6) is 0. The zero-order valence-corrected chi connectivity index (χ0v) is 10.9. The van der Waals surface area contributed by atoms with Gasteiger partial charge in [-0.25, -0.2) is 0 Å². The molecule has 0 radical (unpaired) electrons. The minimum absolute atomic E-state index is 0.440. The van der Waals surface area contributed by atoms with Crippen molar-refractivity contribution in [3.63, 3.8) is 0 Å². The minimum Gasteiger partial charge on any atom is -0.313 e. The van der Waals surface area contributed by atoms with E-state index in [9.17, 15) is 0 Å². The highest BCUT2D eigenvalue weighted by Gasteiger charge is 2.25. The van der Waals surface area contributed by atoms with Crippen LogP contribution in [0.2, 0.25) is 0 Å². The zero-order chi connectivity index (χ0) is 11.3. The number of nitrogens with one attached hydrogen (secondary N) is 2. The molecule has 16 heavy (non-hydrogen) atoms. The van der Waals surface area contributed by atoms with Crippen LogP contribution in [-0.4, -0.2) is 24.7 Å². The van der Waals surface area contributed by atoms with E-state index in [0.717, 1.165) is 19.1 Å².